The zero-order valence-corrected chi connectivity index (χ0v) is 12.0. The minimum atomic E-state index is -0.492. The van der Waals surface area contributed by atoms with Gasteiger partial charge in [-0.3, -0.25) is 4.79 Å². The first kappa shape index (κ1) is 14.2. The number of thiocarbonyl (C=S) groups is 1. The summed E-state index contributed by atoms with van der Waals surface area (Å²) in [6.07, 6.45) is 0. The van der Waals surface area contributed by atoms with Crippen LogP contribution in [0.5, 0.6) is 0 Å². The molecule has 3 nitrogen and oxygen atoms in total. The van der Waals surface area contributed by atoms with Crippen molar-refractivity contribution < 1.29 is 4.79 Å². The highest BCUT2D eigenvalue weighted by Crippen LogP contribution is 2.27. The van der Waals surface area contributed by atoms with Gasteiger partial charge in [0.2, 0.25) is 5.91 Å². The molecule has 0 aliphatic carbocycles. The summed E-state index contributed by atoms with van der Waals surface area (Å²) in [5.74, 6) is -0.685. The number of nitrogens with one attached hydrogen (secondary N) is 1. The second-order valence-electron chi connectivity index (χ2n) is 4.52. The lowest BCUT2D eigenvalue weighted by Gasteiger charge is -2.14. The zero-order valence-electron chi connectivity index (χ0n) is 11.2. The highest BCUT2D eigenvalue weighted by Gasteiger charge is 2.16. The number of hydrogen-bond acceptors (Lipinski definition) is 2. The molecule has 0 saturated carbocycles. The summed E-state index contributed by atoms with van der Waals surface area (Å²) in [7, 11) is 0. The molecule has 20 heavy (non-hydrogen) atoms. The second-order valence-corrected chi connectivity index (χ2v) is 5.00. The van der Waals surface area contributed by atoms with Gasteiger partial charge in [0.1, 0.15) is 0 Å². The zero-order chi connectivity index (χ0) is 14.5. The molecule has 4 heteroatoms. The maximum atomic E-state index is 12.1. The highest BCUT2D eigenvalue weighted by atomic mass is 32.1. The van der Waals surface area contributed by atoms with Gasteiger partial charge in [-0.05, 0) is 18.6 Å². The molecule has 1 atom stereocenters. The fraction of sp³-hybridized carbons (Fsp3) is 0.125. The van der Waals surface area contributed by atoms with Crippen LogP contribution in [0.3, 0.4) is 0 Å². The lowest BCUT2D eigenvalue weighted by molar-refractivity contribution is -0.117. The van der Waals surface area contributed by atoms with Crippen LogP contribution in [0.4, 0.5) is 5.69 Å². The van der Waals surface area contributed by atoms with E-state index in [4.69, 9.17) is 18.0 Å². The predicted molar refractivity (Wildman–Crippen MR) is 86.5 cm³/mol. The average Bonchev–Trinajstić information content (AvgIpc) is 2.47. The van der Waals surface area contributed by atoms with Crippen LogP contribution in [0.15, 0.2) is 54.6 Å². The Morgan fingerprint density at radius 3 is 2.35 bits per heavy atom. The number of rotatable bonds is 4. The van der Waals surface area contributed by atoms with Gasteiger partial charge in [-0.15, -0.1) is 0 Å². The Labute approximate surface area is 123 Å². The Bertz CT molecular complexity index is 625. The summed E-state index contributed by atoms with van der Waals surface area (Å²) >= 11 is 4.85. The molecule has 0 aliphatic heterocycles. The molecule has 102 valence electrons. The molecular formula is C16H16N2OS. The van der Waals surface area contributed by atoms with Gasteiger partial charge in [0.15, 0.2) is 0 Å². The van der Waals surface area contributed by atoms with Crippen molar-refractivity contribution in [3.63, 3.8) is 0 Å². The Hall–Kier alpha value is -2.20. The third-order valence-electron chi connectivity index (χ3n) is 3.09. The summed E-state index contributed by atoms with van der Waals surface area (Å²) in [5, 5.41) is 2.88. The van der Waals surface area contributed by atoms with E-state index < -0.39 is 5.92 Å². The molecule has 0 aliphatic rings. The van der Waals surface area contributed by atoms with Gasteiger partial charge in [-0.2, -0.15) is 0 Å². The van der Waals surface area contributed by atoms with Crippen molar-refractivity contribution in [3.05, 3.63) is 54.6 Å². The van der Waals surface area contributed by atoms with E-state index in [9.17, 15) is 4.79 Å². The van der Waals surface area contributed by atoms with Crippen molar-refractivity contribution in [2.75, 3.05) is 5.32 Å². The third-order valence-corrected chi connectivity index (χ3v) is 3.44. The molecule has 0 heterocycles. The Kier molecular flexibility index (Phi) is 4.48. The normalized spacial score (nSPS) is 11.7. The van der Waals surface area contributed by atoms with Crippen molar-refractivity contribution in [1.29, 1.82) is 0 Å². The van der Waals surface area contributed by atoms with Crippen molar-refractivity contribution in [2.24, 2.45) is 11.7 Å². The summed E-state index contributed by atoms with van der Waals surface area (Å²) in [6, 6.07) is 17.5. The molecule has 3 N–H and O–H groups in total. The molecule has 1 unspecified atom stereocenters. The molecule has 0 aromatic heterocycles. The third kappa shape index (κ3) is 3.22. The largest absolute Gasteiger partial charge is 0.393 e. The Morgan fingerprint density at radius 1 is 1.10 bits per heavy atom. The lowest BCUT2D eigenvalue weighted by atomic mass is 10.0. The molecule has 0 spiro atoms. The fourth-order valence-corrected chi connectivity index (χ4v) is 1.94. The van der Waals surface area contributed by atoms with Crippen molar-refractivity contribution >= 4 is 28.8 Å². The summed E-state index contributed by atoms with van der Waals surface area (Å²) in [4.78, 5) is 12.3. The van der Waals surface area contributed by atoms with Gasteiger partial charge < -0.3 is 11.1 Å². The minimum Gasteiger partial charge on any atom is -0.393 e. The summed E-state index contributed by atoms with van der Waals surface area (Å²) in [5.41, 5.74) is 8.28. The first-order valence-corrected chi connectivity index (χ1v) is 6.75. The van der Waals surface area contributed by atoms with E-state index in [0.717, 1.165) is 16.8 Å². The number of amides is 1. The maximum Gasteiger partial charge on any atom is 0.234 e. The highest BCUT2D eigenvalue weighted by molar-refractivity contribution is 7.80. The van der Waals surface area contributed by atoms with E-state index in [1.807, 2.05) is 54.6 Å². The summed E-state index contributed by atoms with van der Waals surface area (Å²) < 4.78 is 0. The first-order valence-electron chi connectivity index (χ1n) is 6.34. The average molecular weight is 284 g/mol. The molecule has 2 aromatic rings. The van der Waals surface area contributed by atoms with Crippen LogP contribution < -0.4 is 11.1 Å². The standard InChI is InChI=1S/C16H16N2OS/c1-11(15(17)20)16(19)18-14-10-6-5-9-13(14)12-7-3-2-4-8-12/h2-11H,1H3,(H2,17,20)(H,18,19). The van der Waals surface area contributed by atoms with Crippen LogP contribution in [0.1, 0.15) is 6.92 Å². The van der Waals surface area contributed by atoms with E-state index in [1.54, 1.807) is 6.92 Å². The smallest absolute Gasteiger partial charge is 0.234 e. The fourth-order valence-electron chi connectivity index (χ4n) is 1.83. The minimum absolute atomic E-state index is 0.194. The molecule has 1 amide bonds. The molecule has 2 rings (SSSR count). The second kappa shape index (κ2) is 6.30. The van der Waals surface area contributed by atoms with E-state index >= 15 is 0 Å². The van der Waals surface area contributed by atoms with Crippen molar-refractivity contribution in [2.45, 2.75) is 6.92 Å². The number of benzene rings is 2. The number of para-hydroxylation sites is 1. The Balaban J connectivity index is 2.30. The topological polar surface area (TPSA) is 55.1 Å². The molecule has 0 fully saturated rings. The summed E-state index contributed by atoms with van der Waals surface area (Å²) in [6.45, 7) is 1.70. The van der Waals surface area contributed by atoms with E-state index in [-0.39, 0.29) is 10.9 Å². The quantitative estimate of drug-likeness (QED) is 0.848. The predicted octanol–water partition coefficient (Wildman–Crippen LogP) is 3.21. The van der Waals surface area contributed by atoms with E-state index in [0.29, 0.717) is 0 Å². The number of hydrogen-bond donors (Lipinski definition) is 2. The van der Waals surface area contributed by atoms with Crippen LogP contribution in [0.2, 0.25) is 0 Å². The molecule has 0 radical (unpaired) electrons. The number of nitrogens with two attached hydrogens (primary N) is 1. The van der Waals surface area contributed by atoms with E-state index in [2.05, 4.69) is 5.32 Å². The van der Waals surface area contributed by atoms with Crippen LogP contribution in [0, 0.1) is 5.92 Å². The van der Waals surface area contributed by atoms with Crippen molar-refractivity contribution in [3.8, 4) is 11.1 Å². The van der Waals surface area contributed by atoms with Gasteiger partial charge >= 0.3 is 0 Å². The first-order chi connectivity index (χ1) is 9.59. The molecule has 2 aromatic carbocycles. The van der Waals surface area contributed by atoms with Gasteiger partial charge in [0.25, 0.3) is 0 Å². The van der Waals surface area contributed by atoms with Crippen LogP contribution in [-0.2, 0) is 4.79 Å². The molecule has 0 saturated heterocycles. The monoisotopic (exact) mass is 284 g/mol. The Morgan fingerprint density at radius 2 is 1.70 bits per heavy atom. The van der Waals surface area contributed by atoms with Crippen LogP contribution in [-0.4, -0.2) is 10.9 Å². The van der Waals surface area contributed by atoms with Crippen LogP contribution in [0.25, 0.3) is 11.1 Å². The molecular weight excluding hydrogens is 268 g/mol. The van der Waals surface area contributed by atoms with Gasteiger partial charge in [0.05, 0.1) is 10.9 Å². The van der Waals surface area contributed by atoms with Gasteiger partial charge in [-0.25, -0.2) is 0 Å². The van der Waals surface area contributed by atoms with Gasteiger partial charge in [0, 0.05) is 11.3 Å². The number of carbonyl (C=O) groups is 1. The number of anilines is 1. The lowest BCUT2D eigenvalue weighted by Crippen LogP contribution is -2.30. The van der Waals surface area contributed by atoms with Crippen LogP contribution >= 0.6 is 12.2 Å². The van der Waals surface area contributed by atoms with Crippen molar-refractivity contribution in [1.82, 2.24) is 0 Å². The number of carbonyl (C=O) groups excluding carboxylic acids is 1. The molecule has 0 bridgehead atoms. The van der Waals surface area contributed by atoms with E-state index in [1.165, 1.54) is 0 Å². The maximum absolute atomic E-state index is 12.1. The SMILES string of the molecule is CC(C(=O)Nc1ccccc1-c1ccccc1)C(N)=S. The van der Waals surface area contributed by atoms with Gasteiger partial charge in [-0.1, -0.05) is 60.7 Å².